The number of halogens is 3. The predicted octanol–water partition coefficient (Wildman–Crippen LogP) is 4.51. The van der Waals surface area contributed by atoms with E-state index in [2.05, 4.69) is 5.10 Å². The van der Waals surface area contributed by atoms with Gasteiger partial charge in [-0.05, 0) is 42.8 Å². The largest absolute Gasteiger partial charge is 0.416 e. The van der Waals surface area contributed by atoms with Crippen LogP contribution < -0.4 is 5.01 Å². The third-order valence-corrected chi connectivity index (χ3v) is 3.61. The van der Waals surface area contributed by atoms with E-state index < -0.39 is 11.7 Å². The molecule has 0 saturated heterocycles. The van der Waals surface area contributed by atoms with Crippen molar-refractivity contribution < 1.29 is 18.0 Å². The zero-order valence-electron chi connectivity index (χ0n) is 12.7. The molecule has 0 N–H and O–H groups in total. The number of carbonyl (C=O) groups is 1. The van der Waals surface area contributed by atoms with Gasteiger partial charge in [0.25, 0.3) is 5.91 Å². The van der Waals surface area contributed by atoms with Crippen LogP contribution in [0, 0.1) is 0 Å². The van der Waals surface area contributed by atoms with Crippen molar-refractivity contribution in [2.24, 2.45) is 5.10 Å². The van der Waals surface area contributed by atoms with Crippen LogP contribution in [0.25, 0.3) is 6.08 Å². The molecule has 0 aliphatic carbocycles. The average molecular weight is 330 g/mol. The normalized spacial score (nSPS) is 16.7. The monoisotopic (exact) mass is 330 g/mol. The van der Waals surface area contributed by atoms with Crippen LogP contribution >= 0.6 is 0 Å². The van der Waals surface area contributed by atoms with E-state index in [1.807, 2.05) is 6.07 Å². The summed E-state index contributed by atoms with van der Waals surface area (Å²) >= 11 is 0. The molecule has 0 atom stereocenters. The lowest BCUT2D eigenvalue weighted by Crippen LogP contribution is -2.21. The molecule has 1 amide bonds. The fourth-order valence-electron chi connectivity index (χ4n) is 2.36. The summed E-state index contributed by atoms with van der Waals surface area (Å²) in [6, 6.07) is 13.6. The van der Waals surface area contributed by atoms with Gasteiger partial charge in [0.15, 0.2) is 0 Å². The number of carbonyl (C=O) groups excluding carboxylic acids is 1. The molecule has 0 spiro atoms. The number of hydrogen-bond acceptors (Lipinski definition) is 2. The first-order valence-corrected chi connectivity index (χ1v) is 7.20. The van der Waals surface area contributed by atoms with Crippen LogP contribution in [0.5, 0.6) is 0 Å². The maximum Gasteiger partial charge on any atom is 0.416 e. The van der Waals surface area contributed by atoms with E-state index in [0.29, 0.717) is 22.5 Å². The molecule has 2 aromatic carbocycles. The molecule has 2 aromatic rings. The Hall–Kier alpha value is -2.89. The summed E-state index contributed by atoms with van der Waals surface area (Å²) in [5.74, 6) is -0.307. The van der Waals surface area contributed by atoms with Gasteiger partial charge in [-0.15, -0.1) is 0 Å². The van der Waals surface area contributed by atoms with Gasteiger partial charge in [-0.2, -0.15) is 23.3 Å². The summed E-state index contributed by atoms with van der Waals surface area (Å²) in [5.41, 5.74) is 1.30. The van der Waals surface area contributed by atoms with Crippen LogP contribution in [0.1, 0.15) is 18.1 Å². The summed E-state index contributed by atoms with van der Waals surface area (Å²) < 4.78 is 37.8. The van der Waals surface area contributed by atoms with Crippen LogP contribution in [0.2, 0.25) is 0 Å². The van der Waals surface area contributed by atoms with Crippen molar-refractivity contribution in [1.82, 2.24) is 0 Å². The molecule has 3 nitrogen and oxygen atoms in total. The summed E-state index contributed by atoms with van der Waals surface area (Å²) in [7, 11) is 0. The minimum atomic E-state index is -4.38. The van der Waals surface area contributed by atoms with Gasteiger partial charge in [0, 0.05) is 0 Å². The van der Waals surface area contributed by atoms with Crippen LogP contribution in [-0.2, 0) is 11.0 Å². The molecular formula is C18H13F3N2O. The number of alkyl halides is 3. The van der Waals surface area contributed by atoms with Gasteiger partial charge >= 0.3 is 6.18 Å². The van der Waals surface area contributed by atoms with Crippen molar-refractivity contribution in [3.8, 4) is 0 Å². The first-order chi connectivity index (χ1) is 11.4. The second-order valence-corrected chi connectivity index (χ2v) is 5.32. The first kappa shape index (κ1) is 16.0. The van der Waals surface area contributed by atoms with Crippen molar-refractivity contribution in [2.45, 2.75) is 13.1 Å². The molecule has 24 heavy (non-hydrogen) atoms. The highest BCUT2D eigenvalue weighted by Gasteiger charge is 2.30. The molecule has 0 radical (unpaired) electrons. The lowest BCUT2D eigenvalue weighted by molar-refractivity contribution is -0.137. The Kier molecular flexibility index (Phi) is 3.97. The van der Waals surface area contributed by atoms with E-state index in [4.69, 9.17) is 0 Å². The summed E-state index contributed by atoms with van der Waals surface area (Å²) in [4.78, 5) is 12.5. The lowest BCUT2D eigenvalue weighted by Gasteiger charge is -2.11. The van der Waals surface area contributed by atoms with Crippen LogP contribution in [-0.4, -0.2) is 11.6 Å². The molecule has 1 aliphatic heterocycles. The van der Waals surface area contributed by atoms with Gasteiger partial charge in [0.2, 0.25) is 0 Å². The molecule has 0 bridgehead atoms. The maximum absolute atomic E-state index is 12.6. The number of nitrogens with zero attached hydrogens (tertiary/aromatic N) is 2. The van der Waals surface area contributed by atoms with Gasteiger partial charge in [0.05, 0.1) is 22.5 Å². The van der Waals surface area contributed by atoms with Crippen molar-refractivity contribution in [1.29, 1.82) is 0 Å². The fraction of sp³-hybridized carbons (Fsp3) is 0.111. The van der Waals surface area contributed by atoms with Crippen LogP contribution in [0.3, 0.4) is 0 Å². The van der Waals surface area contributed by atoms with E-state index in [9.17, 15) is 18.0 Å². The van der Waals surface area contributed by atoms with Crippen LogP contribution in [0.15, 0.2) is 65.3 Å². The quantitative estimate of drug-likeness (QED) is 0.746. The second-order valence-electron chi connectivity index (χ2n) is 5.32. The predicted molar refractivity (Wildman–Crippen MR) is 86.5 cm³/mol. The molecule has 1 heterocycles. The Morgan fingerprint density at radius 1 is 1.00 bits per heavy atom. The zero-order valence-corrected chi connectivity index (χ0v) is 12.7. The third-order valence-electron chi connectivity index (χ3n) is 3.61. The molecular weight excluding hydrogens is 317 g/mol. The zero-order chi connectivity index (χ0) is 17.3. The Morgan fingerprint density at radius 3 is 2.21 bits per heavy atom. The third kappa shape index (κ3) is 3.08. The number of para-hydroxylation sites is 1. The molecule has 3 rings (SSSR count). The number of amides is 1. The van der Waals surface area contributed by atoms with Crippen molar-refractivity contribution >= 4 is 23.4 Å². The highest BCUT2D eigenvalue weighted by atomic mass is 19.4. The number of anilines is 1. The highest BCUT2D eigenvalue weighted by molar-refractivity contribution is 6.32. The van der Waals surface area contributed by atoms with E-state index in [1.54, 1.807) is 37.3 Å². The molecule has 1 aliphatic rings. The second kappa shape index (κ2) is 5.96. The van der Waals surface area contributed by atoms with Crippen molar-refractivity contribution in [2.75, 3.05) is 5.01 Å². The molecule has 6 heteroatoms. The maximum atomic E-state index is 12.6. The Labute approximate surface area is 136 Å². The molecule has 0 unspecified atom stereocenters. The summed E-state index contributed by atoms with van der Waals surface area (Å²) in [6.45, 7) is 1.69. The number of rotatable bonds is 2. The molecule has 0 saturated carbocycles. The van der Waals surface area contributed by atoms with Gasteiger partial charge in [-0.3, -0.25) is 4.79 Å². The van der Waals surface area contributed by atoms with Gasteiger partial charge in [0.1, 0.15) is 0 Å². The first-order valence-electron chi connectivity index (χ1n) is 7.20. The van der Waals surface area contributed by atoms with Gasteiger partial charge in [-0.1, -0.05) is 30.3 Å². The SMILES string of the molecule is CC1=NN(c2ccccc2)C(=O)C1=Cc1ccc(C(F)(F)F)cc1. The smallest absolute Gasteiger partial charge is 0.267 e. The van der Waals surface area contributed by atoms with E-state index in [0.717, 1.165) is 12.1 Å². The number of benzene rings is 2. The van der Waals surface area contributed by atoms with E-state index in [1.165, 1.54) is 17.1 Å². The minimum absolute atomic E-state index is 0.307. The minimum Gasteiger partial charge on any atom is -0.267 e. The number of hydrazone groups is 1. The number of hydrogen-bond donors (Lipinski definition) is 0. The van der Waals surface area contributed by atoms with Gasteiger partial charge < -0.3 is 0 Å². The fourth-order valence-corrected chi connectivity index (χ4v) is 2.36. The lowest BCUT2D eigenvalue weighted by atomic mass is 10.1. The Balaban J connectivity index is 1.89. The average Bonchev–Trinajstić information content (AvgIpc) is 2.83. The molecule has 0 fully saturated rings. The summed E-state index contributed by atoms with van der Waals surface area (Å²) in [6.07, 6.45) is -2.83. The molecule has 122 valence electrons. The van der Waals surface area contributed by atoms with E-state index in [-0.39, 0.29) is 5.91 Å². The van der Waals surface area contributed by atoms with Gasteiger partial charge in [-0.25, -0.2) is 0 Å². The van der Waals surface area contributed by atoms with E-state index >= 15 is 0 Å². The molecule has 0 aromatic heterocycles. The standard InChI is InChI=1S/C18H13F3N2O/c1-12-16(11-13-7-9-14(10-8-13)18(19,20)21)17(24)23(22-12)15-5-3-2-4-6-15/h2-11H,1H3. The Morgan fingerprint density at radius 2 is 1.62 bits per heavy atom. The van der Waals surface area contributed by atoms with Crippen molar-refractivity contribution in [3.63, 3.8) is 0 Å². The topological polar surface area (TPSA) is 32.7 Å². The Bertz CT molecular complexity index is 822. The van der Waals surface area contributed by atoms with Crippen molar-refractivity contribution in [3.05, 3.63) is 71.3 Å². The summed E-state index contributed by atoms with van der Waals surface area (Å²) in [5, 5.41) is 5.51. The van der Waals surface area contributed by atoms with Crippen LogP contribution in [0.4, 0.5) is 18.9 Å². The highest BCUT2D eigenvalue weighted by Crippen LogP contribution is 2.30.